The average molecular weight is 310 g/mol. The largest absolute Gasteiger partial charge is 0.444 e. The Morgan fingerprint density at radius 3 is 2.59 bits per heavy atom. The van der Waals surface area contributed by atoms with Crippen LogP contribution in [0.5, 0.6) is 0 Å². The Bertz CT molecular complexity index is 498. The quantitative estimate of drug-likeness (QED) is 0.845. The van der Waals surface area contributed by atoms with E-state index in [-0.39, 0.29) is 11.9 Å². The first kappa shape index (κ1) is 18.4. The van der Waals surface area contributed by atoms with Gasteiger partial charge in [-0.3, -0.25) is 0 Å². The number of amides is 1. The first-order chi connectivity index (χ1) is 10.2. The summed E-state index contributed by atoms with van der Waals surface area (Å²) in [5.41, 5.74) is 1.02. The molecule has 0 saturated heterocycles. The lowest BCUT2D eigenvalue weighted by Crippen LogP contribution is -2.43. The lowest BCUT2D eigenvalue weighted by molar-refractivity contribution is 0.0502. The summed E-state index contributed by atoms with van der Waals surface area (Å²) in [6, 6.07) is 5.17. The van der Waals surface area contributed by atoms with Crippen LogP contribution in [0.25, 0.3) is 0 Å². The third-order valence-electron chi connectivity index (χ3n) is 3.17. The summed E-state index contributed by atoms with van der Waals surface area (Å²) in [6.07, 6.45) is 0.372. The summed E-state index contributed by atoms with van der Waals surface area (Å²) in [5, 5.41) is 6.06. The van der Waals surface area contributed by atoms with Crippen LogP contribution in [-0.4, -0.2) is 24.3 Å². The first-order valence-corrected chi connectivity index (χ1v) is 7.66. The number of hydrogen-bond donors (Lipinski definition) is 2. The van der Waals surface area contributed by atoms with Crippen LogP contribution in [0, 0.1) is 12.7 Å². The number of alkyl carbamates (subject to hydrolysis) is 1. The molecular weight excluding hydrogens is 283 g/mol. The van der Waals surface area contributed by atoms with Gasteiger partial charge in [-0.25, -0.2) is 9.18 Å². The molecule has 1 amide bonds. The van der Waals surface area contributed by atoms with Gasteiger partial charge in [0.2, 0.25) is 0 Å². The standard InChI is InChI=1S/C17H27FN2O2/c1-6-14(20-16(21)22-17(3,4)5)11-19-10-13-8-7-12(2)15(18)9-13/h7-9,14,19H,6,10-11H2,1-5H3,(H,20,21). The topological polar surface area (TPSA) is 50.4 Å². The number of benzene rings is 1. The number of rotatable bonds is 6. The lowest BCUT2D eigenvalue weighted by Gasteiger charge is -2.23. The van der Waals surface area contributed by atoms with Crippen molar-refractivity contribution in [3.8, 4) is 0 Å². The molecule has 1 rings (SSSR count). The van der Waals surface area contributed by atoms with E-state index in [0.29, 0.717) is 18.7 Å². The van der Waals surface area contributed by atoms with E-state index in [1.165, 1.54) is 6.07 Å². The van der Waals surface area contributed by atoms with Crippen LogP contribution in [0.3, 0.4) is 0 Å². The normalized spacial score (nSPS) is 12.8. The summed E-state index contributed by atoms with van der Waals surface area (Å²) in [7, 11) is 0. The van der Waals surface area contributed by atoms with E-state index >= 15 is 0 Å². The zero-order chi connectivity index (χ0) is 16.8. The molecule has 0 radical (unpaired) electrons. The number of halogens is 1. The molecule has 1 unspecified atom stereocenters. The smallest absolute Gasteiger partial charge is 0.407 e. The molecule has 0 heterocycles. The van der Waals surface area contributed by atoms with Crippen molar-refractivity contribution >= 4 is 6.09 Å². The zero-order valence-corrected chi connectivity index (χ0v) is 14.1. The zero-order valence-electron chi connectivity index (χ0n) is 14.1. The van der Waals surface area contributed by atoms with E-state index in [1.807, 2.05) is 33.8 Å². The summed E-state index contributed by atoms with van der Waals surface area (Å²) in [5.74, 6) is -0.196. The number of hydrogen-bond acceptors (Lipinski definition) is 3. The van der Waals surface area contributed by atoms with Crippen LogP contribution in [0.4, 0.5) is 9.18 Å². The number of carbonyl (C=O) groups excluding carboxylic acids is 1. The predicted molar refractivity (Wildman–Crippen MR) is 86.3 cm³/mol. The van der Waals surface area contributed by atoms with Crippen LogP contribution >= 0.6 is 0 Å². The second kappa shape index (κ2) is 8.13. The van der Waals surface area contributed by atoms with Gasteiger partial charge in [-0.1, -0.05) is 19.1 Å². The van der Waals surface area contributed by atoms with Crippen LogP contribution < -0.4 is 10.6 Å². The third-order valence-corrected chi connectivity index (χ3v) is 3.17. The monoisotopic (exact) mass is 310 g/mol. The fourth-order valence-corrected chi connectivity index (χ4v) is 1.91. The van der Waals surface area contributed by atoms with E-state index in [4.69, 9.17) is 4.74 Å². The van der Waals surface area contributed by atoms with Crippen molar-refractivity contribution in [1.29, 1.82) is 0 Å². The minimum absolute atomic E-state index is 0.0230. The SMILES string of the molecule is CCC(CNCc1ccc(C)c(F)c1)NC(=O)OC(C)(C)C. The van der Waals surface area contributed by atoms with Gasteiger partial charge in [0.1, 0.15) is 11.4 Å². The van der Waals surface area contributed by atoms with Gasteiger partial charge in [0, 0.05) is 19.1 Å². The van der Waals surface area contributed by atoms with Crippen molar-refractivity contribution < 1.29 is 13.9 Å². The van der Waals surface area contributed by atoms with Gasteiger partial charge in [0.05, 0.1) is 0 Å². The molecule has 0 spiro atoms. The van der Waals surface area contributed by atoms with Gasteiger partial charge in [-0.2, -0.15) is 0 Å². The van der Waals surface area contributed by atoms with Crippen LogP contribution in [-0.2, 0) is 11.3 Å². The van der Waals surface area contributed by atoms with Crippen molar-refractivity contribution in [3.05, 3.63) is 35.1 Å². The van der Waals surface area contributed by atoms with E-state index in [2.05, 4.69) is 10.6 Å². The van der Waals surface area contributed by atoms with E-state index < -0.39 is 11.7 Å². The molecule has 0 aliphatic carbocycles. The van der Waals surface area contributed by atoms with Gasteiger partial charge in [0.15, 0.2) is 0 Å². The molecule has 124 valence electrons. The molecule has 2 N–H and O–H groups in total. The maximum Gasteiger partial charge on any atom is 0.407 e. The van der Waals surface area contributed by atoms with Crippen molar-refractivity contribution in [2.24, 2.45) is 0 Å². The Hall–Kier alpha value is -1.62. The lowest BCUT2D eigenvalue weighted by atomic mass is 10.1. The van der Waals surface area contributed by atoms with Crippen molar-refractivity contribution in [2.75, 3.05) is 6.54 Å². The minimum atomic E-state index is -0.505. The highest BCUT2D eigenvalue weighted by molar-refractivity contribution is 5.68. The molecule has 1 aromatic carbocycles. The van der Waals surface area contributed by atoms with Crippen molar-refractivity contribution in [1.82, 2.24) is 10.6 Å². The third kappa shape index (κ3) is 6.89. The maximum absolute atomic E-state index is 13.5. The van der Waals surface area contributed by atoms with Crippen molar-refractivity contribution in [2.45, 2.75) is 59.2 Å². The second-order valence-corrected chi connectivity index (χ2v) is 6.47. The number of aryl methyl sites for hydroxylation is 1. The molecule has 22 heavy (non-hydrogen) atoms. The highest BCUT2D eigenvalue weighted by Gasteiger charge is 2.18. The number of carbonyl (C=O) groups is 1. The minimum Gasteiger partial charge on any atom is -0.444 e. The van der Waals surface area contributed by atoms with Gasteiger partial charge < -0.3 is 15.4 Å². The fourth-order valence-electron chi connectivity index (χ4n) is 1.91. The molecule has 0 aliphatic heterocycles. The Kier molecular flexibility index (Phi) is 6.81. The Balaban J connectivity index is 2.40. The number of ether oxygens (including phenoxy) is 1. The molecule has 0 aliphatic rings. The molecule has 0 bridgehead atoms. The van der Waals surface area contributed by atoms with Crippen molar-refractivity contribution in [3.63, 3.8) is 0 Å². The summed E-state index contributed by atoms with van der Waals surface area (Å²) in [4.78, 5) is 11.7. The van der Waals surface area contributed by atoms with Crippen LogP contribution in [0.15, 0.2) is 18.2 Å². The molecule has 1 aromatic rings. The van der Waals surface area contributed by atoms with Gasteiger partial charge >= 0.3 is 6.09 Å². The molecule has 0 aromatic heterocycles. The van der Waals surface area contributed by atoms with Gasteiger partial charge in [-0.15, -0.1) is 0 Å². The van der Waals surface area contributed by atoms with E-state index in [0.717, 1.165) is 12.0 Å². The Labute approximate surface area is 132 Å². The van der Waals surface area contributed by atoms with E-state index in [9.17, 15) is 9.18 Å². The summed E-state index contributed by atoms with van der Waals surface area (Å²) < 4.78 is 18.7. The molecule has 4 nitrogen and oxygen atoms in total. The Morgan fingerprint density at radius 2 is 2.05 bits per heavy atom. The average Bonchev–Trinajstić information content (AvgIpc) is 2.39. The summed E-state index contributed by atoms with van der Waals surface area (Å²) >= 11 is 0. The van der Waals surface area contributed by atoms with Gasteiger partial charge in [0.25, 0.3) is 0 Å². The van der Waals surface area contributed by atoms with Crippen LogP contribution in [0.1, 0.15) is 45.2 Å². The highest BCUT2D eigenvalue weighted by Crippen LogP contribution is 2.09. The van der Waals surface area contributed by atoms with E-state index in [1.54, 1.807) is 13.0 Å². The molecular formula is C17H27FN2O2. The molecule has 0 saturated carbocycles. The Morgan fingerprint density at radius 1 is 1.36 bits per heavy atom. The molecule has 5 heteroatoms. The van der Waals surface area contributed by atoms with Gasteiger partial charge in [-0.05, 0) is 51.3 Å². The number of nitrogens with one attached hydrogen (secondary N) is 2. The first-order valence-electron chi connectivity index (χ1n) is 7.66. The molecule has 1 atom stereocenters. The van der Waals surface area contributed by atoms with Crippen LogP contribution in [0.2, 0.25) is 0 Å². The fraction of sp³-hybridized carbons (Fsp3) is 0.588. The second-order valence-electron chi connectivity index (χ2n) is 6.47. The molecule has 0 fully saturated rings. The maximum atomic E-state index is 13.5. The predicted octanol–water partition coefficient (Wildman–Crippen LogP) is 3.53. The summed E-state index contributed by atoms with van der Waals surface area (Å²) in [6.45, 7) is 10.4. The highest BCUT2D eigenvalue weighted by atomic mass is 19.1.